The summed E-state index contributed by atoms with van der Waals surface area (Å²) in [4.78, 5) is 13.7. The molecule has 0 spiro atoms. The molecule has 1 amide bonds. The summed E-state index contributed by atoms with van der Waals surface area (Å²) in [6.07, 6.45) is 0.849. The lowest BCUT2D eigenvalue weighted by Crippen LogP contribution is -2.37. The number of thioether (sulfide) groups is 1. The van der Waals surface area contributed by atoms with Gasteiger partial charge in [0.15, 0.2) is 0 Å². The molecule has 0 saturated heterocycles. The highest BCUT2D eigenvalue weighted by Crippen LogP contribution is 2.36. The molecular formula is C14H18BrNOS. The van der Waals surface area contributed by atoms with Gasteiger partial charge in [0.2, 0.25) is 5.91 Å². The van der Waals surface area contributed by atoms with Crippen LogP contribution in [0.1, 0.15) is 19.4 Å². The third-order valence-corrected chi connectivity index (χ3v) is 5.83. The van der Waals surface area contributed by atoms with Crippen molar-refractivity contribution >= 4 is 33.6 Å². The Morgan fingerprint density at radius 2 is 2.22 bits per heavy atom. The fourth-order valence-electron chi connectivity index (χ4n) is 1.88. The average molecular weight is 328 g/mol. The molecule has 2 nitrogen and oxygen atoms in total. The van der Waals surface area contributed by atoms with Crippen LogP contribution in [-0.2, 0) is 11.2 Å². The molecule has 0 radical (unpaired) electrons. The van der Waals surface area contributed by atoms with Crippen molar-refractivity contribution in [3.05, 3.63) is 29.8 Å². The minimum Gasteiger partial charge on any atom is -0.354 e. The Morgan fingerprint density at radius 1 is 1.50 bits per heavy atom. The Labute approximate surface area is 121 Å². The second-order valence-electron chi connectivity index (χ2n) is 4.92. The summed E-state index contributed by atoms with van der Waals surface area (Å²) in [6.45, 7) is 4.99. The van der Waals surface area contributed by atoms with Crippen molar-refractivity contribution in [1.29, 1.82) is 0 Å². The van der Waals surface area contributed by atoms with Crippen LogP contribution in [0.2, 0.25) is 0 Å². The Hall–Kier alpha value is -0.480. The Kier molecular flexibility index (Phi) is 4.73. The van der Waals surface area contributed by atoms with E-state index in [2.05, 4.69) is 47.2 Å². The van der Waals surface area contributed by atoms with Crippen LogP contribution in [0.15, 0.2) is 29.2 Å². The fourth-order valence-corrected chi connectivity index (χ4v) is 3.26. The average Bonchev–Trinajstić information content (AvgIpc) is 2.79. The number of benzene rings is 1. The second kappa shape index (κ2) is 6.11. The molecule has 1 N–H and O–H groups in total. The van der Waals surface area contributed by atoms with Gasteiger partial charge >= 0.3 is 0 Å². The summed E-state index contributed by atoms with van der Waals surface area (Å²) in [5.74, 6) is 0.681. The van der Waals surface area contributed by atoms with Crippen LogP contribution >= 0.6 is 27.7 Å². The smallest absolute Gasteiger partial charge is 0.233 e. The molecule has 0 saturated carbocycles. The minimum atomic E-state index is 0.0364. The first-order chi connectivity index (χ1) is 8.58. The van der Waals surface area contributed by atoms with E-state index in [0.717, 1.165) is 6.42 Å². The highest BCUT2D eigenvalue weighted by molar-refractivity contribution is 9.09. The van der Waals surface area contributed by atoms with E-state index in [0.29, 0.717) is 17.3 Å². The van der Waals surface area contributed by atoms with E-state index in [1.54, 1.807) is 11.8 Å². The number of alkyl halides is 1. The van der Waals surface area contributed by atoms with Gasteiger partial charge in [-0.15, -0.1) is 11.8 Å². The number of carbonyl (C=O) groups excluding carboxylic acids is 1. The second-order valence-corrected chi connectivity index (χ2v) is 7.34. The molecule has 98 valence electrons. The minimum absolute atomic E-state index is 0.0364. The lowest BCUT2D eigenvalue weighted by atomic mass is 10.1. The highest BCUT2D eigenvalue weighted by atomic mass is 79.9. The van der Waals surface area contributed by atoms with Crippen LogP contribution < -0.4 is 5.32 Å². The standard InChI is InChI=1S/C14H18BrNOS/c1-9(2)11(15)8-16-14(17)13-7-10-5-3-4-6-12(10)18-13/h3-6,9,11,13H,7-8H2,1-2H3,(H,16,17). The molecule has 2 atom stereocenters. The first-order valence-corrected chi connectivity index (χ1v) is 8.04. The van der Waals surface area contributed by atoms with Crippen molar-refractivity contribution < 1.29 is 4.79 Å². The van der Waals surface area contributed by atoms with Crippen LogP contribution in [0, 0.1) is 5.92 Å². The molecule has 1 aliphatic rings. The molecule has 4 heteroatoms. The lowest BCUT2D eigenvalue weighted by molar-refractivity contribution is -0.120. The molecule has 0 aliphatic carbocycles. The van der Waals surface area contributed by atoms with Gasteiger partial charge in [-0.1, -0.05) is 48.0 Å². The molecule has 1 heterocycles. The topological polar surface area (TPSA) is 29.1 Å². The van der Waals surface area contributed by atoms with Gasteiger partial charge in [-0.25, -0.2) is 0 Å². The first-order valence-electron chi connectivity index (χ1n) is 6.24. The molecule has 18 heavy (non-hydrogen) atoms. The van der Waals surface area contributed by atoms with Gasteiger partial charge in [-0.05, 0) is 24.0 Å². The van der Waals surface area contributed by atoms with Crippen LogP contribution in [0.3, 0.4) is 0 Å². The van der Waals surface area contributed by atoms with Gasteiger partial charge < -0.3 is 5.32 Å². The van der Waals surface area contributed by atoms with Crippen LogP contribution in [-0.4, -0.2) is 22.5 Å². The molecule has 0 bridgehead atoms. The van der Waals surface area contributed by atoms with Gasteiger partial charge in [0.25, 0.3) is 0 Å². The van der Waals surface area contributed by atoms with E-state index in [4.69, 9.17) is 0 Å². The largest absolute Gasteiger partial charge is 0.354 e. The zero-order valence-electron chi connectivity index (χ0n) is 10.7. The molecule has 2 rings (SSSR count). The maximum atomic E-state index is 12.1. The summed E-state index contributed by atoms with van der Waals surface area (Å²) in [7, 11) is 0. The predicted octanol–water partition coefficient (Wildman–Crippen LogP) is 3.24. The zero-order chi connectivity index (χ0) is 13.1. The maximum absolute atomic E-state index is 12.1. The summed E-state index contributed by atoms with van der Waals surface area (Å²) < 4.78 is 0. The third kappa shape index (κ3) is 3.29. The van der Waals surface area contributed by atoms with E-state index >= 15 is 0 Å². The number of hydrogen-bond acceptors (Lipinski definition) is 2. The van der Waals surface area contributed by atoms with Crippen molar-refractivity contribution in [3.8, 4) is 0 Å². The van der Waals surface area contributed by atoms with E-state index < -0.39 is 0 Å². The van der Waals surface area contributed by atoms with Gasteiger partial charge in [0.05, 0.1) is 5.25 Å². The van der Waals surface area contributed by atoms with Gasteiger partial charge in [0.1, 0.15) is 0 Å². The number of carbonyl (C=O) groups is 1. The lowest BCUT2D eigenvalue weighted by Gasteiger charge is -2.16. The molecule has 0 aromatic heterocycles. The number of nitrogens with one attached hydrogen (secondary N) is 1. The molecule has 1 aromatic carbocycles. The normalized spacial score (nSPS) is 19.7. The van der Waals surface area contributed by atoms with E-state index in [9.17, 15) is 4.79 Å². The van der Waals surface area contributed by atoms with Crippen LogP contribution in [0.25, 0.3) is 0 Å². The van der Waals surface area contributed by atoms with Crippen molar-refractivity contribution in [2.75, 3.05) is 6.54 Å². The number of rotatable bonds is 4. The van der Waals surface area contributed by atoms with Crippen LogP contribution in [0.5, 0.6) is 0 Å². The highest BCUT2D eigenvalue weighted by Gasteiger charge is 2.28. The van der Waals surface area contributed by atoms with Crippen LogP contribution in [0.4, 0.5) is 0 Å². The van der Waals surface area contributed by atoms with Gasteiger partial charge in [0, 0.05) is 16.3 Å². The summed E-state index contributed by atoms with van der Waals surface area (Å²) in [5.41, 5.74) is 1.29. The number of fused-ring (bicyclic) bond motifs is 1. The number of halogens is 1. The van der Waals surface area contributed by atoms with Gasteiger partial charge in [-0.2, -0.15) is 0 Å². The van der Waals surface area contributed by atoms with Crippen molar-refractivity contribution in [2.24, 2.45) is 5.92 Å². The van der Waals surface area contributed by atoms with Crippen molar-refractivity contribution in [1.82, 2.24) is 5.32 Å². The Balaban J connectivity index is 1.86. The predicted molar refractivity (Wildman–Crippen MR) is 80.4 cm³/mol. The first kappa shape index (κ1) is 13.9. The number of amides is 1. The van der Waals surface area contributed by atoms with Crippen molar-refractivity contribution in [2.45, 2.75) is 35.2 Å². The summed E-state index contributed by atoms with van der Waals surface area (Å²) in [6, 6.07) is 8.26. The summed E-state index contributed by atoms with van der Waals surface area (Å²) in [5, 5.41) is 3.07. The number of hydrogen-bond donors (Lipinski definition) is 1. The fraction of sp³-hybridized carbons (Fsp3) is 0.500. The maximum Gasteiger partial charge on any atom is 0.233 e. The quantitative estimate of drug-likeness (QED) is 0.860. The molecular weight excluding hydrogens is 310 g/mol. The van der Waals surface area contributed by atoms with E-state index in [1.807, 2.05) is 12.1 Å². The molecule has 2 unspecified atom stereocenters. The van der Waals surface area contributed by atoms with E-state index in [-0.39, 0.29) is 11.2 Å². The zero-order valence-corrected chi connectivity index (χ0v) is 13.1. The third-order valence-electron chi connectivity index (χ3n) is 3.13. The Bertz CT molecular complexity index is 411. The molecule has 1 aromatic rings. The molecule has 1 aliphatic heterocycles. The summed E-state index contributed by atoms with van der Waals surface area (Å²) >= 11 is 5.26. The molecule has 0 fully saturated rings. The van der Waals surface area contributed by atoms with Gasteiger partial charge in [-0.3, -0.25) is 4.79 Å². The Morgan fingerprint density at radius 3 is 2.89 bits per heavy atom. The SMILES string of the molecule is CC(C)C(Br)CNC(=O)C1Cc2ccccc2S1. The van der Waals surface area contributed by atoms with E-state index in [1.165, 1.54) is 10.5 Å². The van der Waals surface area contributed by atoms with Crippen molar-refractivity contribution in [3.63, 3.8) is 0 Å². The monoisotopic (exact) mass is 327 g/mol.